The van der Waals surface area contributed by atoms with E-state index in [9.17, 15) is 4.79 Å². The summed E-state index contributed by atoms with van der Waals surface area (Å²) in [5, 5.41) is 3.45. The predicted octanol–water partition coefficient (Wildman–Crippen LogP) is 2.19. The van der Waals surface area contributed by atoms with Crippen molar-refractivity contribution in [1.29, 1.82) is 0 Å². The van der Waals surface area contributed by atoms with Crippen molar-refractivity contribution >= 4 is 23.6 Å². The SMILES string of the molecule is CN1CC[C@@H](CNC(=O)/C=C\c2cc(Cl)c3c(c2)OCCO3)C1. The minimum Gasteiger partial charge on any atom is -0.486 e. The van der Waals surface area contributed by atoms with Gasteiger partial charge in [-0.05, 0) is 49.7 Å². The quantitative estimate of drug-likeness (QED) is 0.856. The van der Waals surface area contributed by atoms with Gasteiger partial charge in [-0.3, -0.25) is 4.79 Å². The second-order valence-electron chi connectivity index (χ2n) is 6.02. The summed E-state index contributed by atoms with van der Waals surface area (Å²) in [7, 11) is 2.10. The van der Waals surface area contributed by atoms with Gasteiger partial charge in [0.25, 0.3) is 0 Å². The van der Waals surface area contributed by atoms with E-state index in [1.165, 1.54) is 6.08 Å². The predicted molar refractivity (Wildman–Crippen MR) is 90.1 cm³/mol. The first-order valence-electron chi connectivity index (χ1n) is 7.85. The van der Waals surface area contributed by atoms with Gasteiger partial charge in [0.15, 0.2) is 11.5 Å². The molecule has 1 aromatic carbocycles. The van der Waals surface area contributed by atoms with Crippen molar-refractivity contribution in [1.82, 2.24) is 10.2 Å². The van der Waals surface area contributed by atoms with Crippen molar-refractivity contribution in [2.75, 3.05) is 39.9 Å². The van der Waals surface area contributed by atoms with E-state index in [1.54, 1.807) is 12.1 Å². The Bertz CT molecular complexity index is 618. The molecule has 0 radical (unpaired) electrons. The lowest BCUT2D eigenvalue weighted by atomic mass is 10.1. The molecule has 1 fully saturated rings. The van der Waals surface area contributed by atoms with E-state index < -0.39 is 0 Å². The number of carbonyl (C=O) groups is 1. The number of benzene rings is 1. The summed E-state index contributed by atoms with van der Waals surface area (Å²) < 4.78 is 11.0. The number of fused-ring (bicyclic) bond motifs is 1. The van der Waals surface area contributed by atoms with E-state index in [4.69, 9.17) is 21.1 Å². The number of nitrogens with zero attached hydrogens (tertiary/aromatic N) is 1. The number of ether oxygens (including phenoxy) is 2. The van der Waals surface area contributed by atoms with Crippen LogP contribution >= 0.6 is 11.6 Å². The van der Waals surface area contributed by atoms with Crippen LogP contribution in [0.15, 0.2) is 18.2 Å². The van der Waals surface area contributed by atoms with Gasteiger partial charge in [-0.25, -0.2) is 0 Å². The molecule has 5 nitrogen and oxygen atoms in total. The molecule has 0 saturated carbocycles. The zero-order valence-electron chi connectivity index (χ0n) is 13.2. The van der Waals surface area contributed by atoms with Gasteiger partial charge in [0, 0.05) is 19.2 Å². The second-order valence-corrected chi connectivity index (χ2v) is 6.43. The van der Waals surface area contributed by atoms with Gasteiger partial charge in [0.1, 0.15) is 13.2 Å². The maximum atomic E-state index is 11.9. The molecule has 1 saturated heterocycles. The van der Waals surface area contributed by atoms with Crippen LogP contribution in [0.3, 0.4) is 0 Å². The number of amides is 1. The first-order chi connectivity index (χ1) is 11.1. The average molecular weight is 337 g/mol. The zero-order chi connectivity index (χ0) is 16.2. The number of nitrogens with one attached hydrogen (secondary N) is 1. The summed E-state index contributed by atoms with van der Waals surface area (Å²) in [6.07, 6.45) is 4.40. The van der Waals surface area contributed by atoms with Gasteiger partial charge in [-0.15, -0.1) is 0 Å². The summed E-state index contributed by atoms with van der Waals surface area (Å²) in [5.41, 5.74) is 0.815. The Hall–Kier alpha value is -1.72. The monoisotopic (exact) mass is 336 g/mol. The molecule has 2 heterocycles. The normalized spacial score (nSPS) is 20.9. The topological polar surface area (TPSA) is 50.8 Å². The molecule has 1 atom stereocenters. The highest BCUT2D eigenvalue weighted by Crippen LogP contribution is 2.38. The van der Waals surface area contributed by atoms with Gasteiger partial charge in [0.2, 0.25) is 5.91 Å². The second kappa shape index (κ2) is 7.23. The van der Waals surface area contributed by atoms with Gasteiger partial charge in [0.05, 0.1) is 5.02 Å². The van der Waals surface area contributed by atoms with Crippen LogP contribution in [-0.4, -0.2) is 50.7 Å². The molecule has 124 valence electrons. The molecule has 0 unspecified atom stereocenters. The average Bonchev–Trinajstić information content (AvgIpc) is 2.96. The van der Waals surface area contributed by atoms with Gasteiger partial charge in [-0.2, -0.15) is 0 Å². The first kappa shape index (κ1) is 16.1. The lowest BCUT2D eigenvalue weighted by Crippen LogP contribution is -2.29. The molecule has 3 rings (SSSR count). The molecular formula is C17H21ClN2O3. The minimum atomic E-state index is -0.0921. The Morgan fingerprint density at radius 1 is 1.43 bits per heavy atom. The van der Waals surface area contributed by atoms with E-state index >= 15 is 0 Å². The number of halogens is 1. The van der Waals surface area contributed by atoms with E-state index in [-0.39, 0.29) is 5.91 Å². The lowest BCUT2D eigenvalue weighted by molar-refractivity contribution is -0.116. The lowest BCUT2D eigenvalue weighted by Gasteiger charge is -2.19. The summed E-state index contributed by atoms with van der Waals surface area (Å²) in [6, 6.07) is 3.60. The fourth-order valence-electron chi connectivity index (χ4n) is 2.90. The molecule has 2 aliphatic rings. The van der Waals surface area contributed by atoms with Gasteiger partial charge in [-0.1, -0.05) is 11.6 Å². The van der Waals surface area contributed by atoms with E-state index in [2.05, 4.69) is 17.3 Å². The Balaban J connectivity index is 1.57. The van der Waals surface area contributed by atoms with Crippen molar-refractivity contribution in [2.45, 2.75) is 6.42 Å². The molecule has 0 bridgehead atoms. The molecule has 0 aliphatic carbocycles. The number of likely N-dealkylation sites (tertiary alicyclic amines) is 1. The zero-order valence-corrected chi connectivity index (χ0v) is 13.9. The van der Waals surface area contributed by atoms with Crippen LogP contribution in [-0.2, 0) is 4.79 Å². The minimum absolute atomic E-state index is 0.0921. The van der Waals surface area contributed by atoms with E-state index in [0.29, 0.717) is 35.7 Å². The van der Waals surface area contributed by atoms with Crippen molar-refractivity contribution in [3.8, 4) is 11.5 Å². The highest BCUT2D eigenvalue weighted by atomic mass is 35.5. The van der Waals surface area contributed by atoms with Crippen molar-refractivity contribution in [3.05, 3.63) is 28.8 Å². The number of rotatable bonds is 4. The molecule has 23 heavy (non-hydrogen) atoms. The Kier molecular flexibility index (Phi) is 5.08. The number of hydrogen-bond donors (Lipinski definition) is 1. The molecule has 1 N–H and O–H groups in total. The van der Waals surface area contributed by atoms with Crippen LogP contribution in [0, 0.1) is 5.92 Å². The highest BCUT2D eigenvalue weighted by molar-refractivity contribution is 6.32. The number of carbonyl (C=O) groups excluding carboxylic acids is 1. The van der Waals surface area contributed by atoms with Crippen LogP contribution in [0.2, 0.25) is 5.02 Å². The van der Waals surface area contributed by atoms with Crippen molar-refractivity contribution in [2.24, 2.45) is 5.92 Å². The fraction of sp³-hybridized carbons (Fsp3) is 0.471. The summed E-state index contributed by atoms with van der Waals surface area (Å²) in [5.74, 6) is 1.65. The molecule has 2 aliphatic heterocycles. The maximum Gasteiger partial charge on any atom is 0.244 e. The highest BCUT2D eigenvalue weighted by Gasteiger charge is 2.19. The van der Waals surface area contributed by atoms with Crippen LogP contribution in [0.4, 0.5) is 0 Å². The third-order valence-electron chi connectivity index (χ3n) is 4.10. The first-order valence-corrected chi connectivity index (χ1v) is 8.23. The standard InChI is InChI=1S/C17H21ClN2O3/c1-20-5-4-13(11-20)10-19-16(21)3-2-12-8-14(18)17-15(9-12)22-6-7-23-17/h2-3,8-9,13H,4-7,10-11H2,1H3,(H,19,21)/b3-2-/t13-/m0/s1. The fourth-order valence-corrected chi connectivity index (χ4v) is 3.17. The smallest absolute Gasteiger partial charge is 0.244 e. The van der Waals surface area contributed by atoms with E-state index in [0.717, 1.165) is 31.6 Å². The third-order valence-corrected chi connectivity index (χ3v) is 4.38. The molecule has 0 spiro atoms. The third kappa shape index (κ3) is 4.18. The van der Waals surface area contributed by atoms with Crippen LogP contribution in [0.1, 0.15) is 12.0 Å². The summed E-state index contributed by atoms with van der Waals surface area (Å²) in [4.78, 5) is 14.2. The van der Waals surface area contributed by atoms with Gasteiger partial charge >= 0.3 is 0 Å². The van der Waals surface area contributed by atoms with Crippen LogP contribution in [0.25, 0.3) is 6.08 Å². The van der Waals surface area contributed by atoms with Crippen molar-refractivity contribution < 1.29 is 14.3 Å². The molecular weight excluding hydrogens is 316 g/mol. The molecule has 0 aromatic heterocycles. The Labute approximate surface area is 141 Å². The Morgan fingerprint density at radius 2 is 2.26 bits per heavy atom. The molecule has 6 heteroatoms. The molecule has 1 amide bonds. The summed E-state index contributed by atoms with van der Waals surface area (Å²) >= 11 is 6.18. The van der Waals surface area contributed by atoms with Crippen LogP contribution < -0.4 is 14.8 Å². The van der Waals surface area contributed by atoms with Gasteiger partial charge < -0.3 is 19.7 Å². The maximum absolute atomic E-state index is 11.9. The number of hydrogen-bond acceptors (Lipinski definition) is 4. The molecule has 1 aromatic rings. The van der Waals surface area contributed by atoms with E-state index in [1.807, 2.05) is 6.07 Å². The van der Waals surface area contributed by atoms with Crippen LogP contribution in [0.5, 0.6) is 11.5 Å². The largest absolute Gasteiger partial charge is 0.486 e. The Morgan fingerprint density at radius 3 is 3.04 bits per heavy atom. The summed E-state index contributed by atoms with van der Waals surface area (Å²) in [6.45, 7) is 3.87. The van der Waals surface area contributed by atoms with Crippen molar-refractivity contribution in [3.63, 3.8) is 0 Å².